The van der Waals surface area contributed by atoms with Gasteiger partial charge in [-0.3, -0.25) is 14.7 Å². The van der Waals surface area contributed by atoms with Crippen LogP contribution in [-0.2, 0) is 11.3 Å². The largest absolute Gasteiger partial charge is 0.381 e. The summed E-state index contributed by atoms with van der Waals surface area (Å²) in [5.74, 6) is 0. The summed E-state index contributed by atoms with van der Waals surface area (Å²) in [6, 6.07) is 2.56. The minimum absolute atomic E-state index is 0.00757. The number of rotatable bonds is 3. The third kappa shape index (κ3) is 2.87. The van der Waals surface area contributed by atoms with E-state index in [-0.39, 0.29) is 16.5 Å². The van der Waals surface area contributed by atoms with E-state index in [1.807, 2.05) is 0 Å². The van der Waals surface area contributed by atoms with Crippen LogP contribution in [0.15, 0.2) is 21.7 Å². The molecule has 5 nitrogen and oxygen atoms in total. The van der Waals surface area contributed by atoms with E-state index in [0.29, 0.717) is 19.8 Å². The quantitative estimate of drug-likeness (QED) is 0.837. The first-order chi connectivity index (χ1) is 8.15. The van der Waals surface area contributed by atoms with Crippen molar-refractivity contribution in [1.29, 1.82) is 0 Å². The van der Waals surface area contributed by atoms with Gasteiger partial charge in [0.2, 0.25) is 0 Å². The molecule has 1 fully saturated rings. The fourth-order valence-corrected chi connectivity index (χ4v) is 2.79. The molecule has 0 spiro atoms. The van der Waals surface area contributed by atoms with Crippen LogP contribution in [0, 0.1) is 5.41 Å². The zero-order chi connectivity index (χ0) is 12.3. The molecular weight excluding hydrogens is 288 g/mol. The second-order valence-corrected chi connectivity index (χ2v) is 5.04. The number of alkyl halides is 1. The van der Waals surface area contributed by atoms with Crippen molar-refractivity contribution in [3.63, 3.8) is 0 Å². The molecule has 1 aliphatic rings. The number of H-pyrrole nitrogens is 1. The van der Waals surface area contributed by atoms with E-state index in [0.717, 1.165) is 18.2 Å². The Morgan fingerprint density at radius 3 is 2.71 bits per heavy atom. The van der Waals surface area contributed by atoms with Gasteiger partial charge in [-0.05, 0) is 12.8 Å². The fourth-order valence-electron chi connectivity index (χ4n) is 2.05. The molecule has 1 aromatic heterocycles. The number of ether oxygens (including phenoxy) is 1. The van der Waals surface area contributed by atoms with E-state index < -0.39 is 0 Å². The van der Waals surface area contributed by atoms with Gasteiger partial charge < -0.3 is 4.74 Å². The van der Waals surface area contributed by atoms with Crippen molar-refractivity contribution in [1.82, 2.24) is 9.78 Å². The average Bonchev–Trinajstić information content (AvgIpc) is 2.35. The molecule has 0 aromatic carbocycles. The van der Waals surface area contributed by atoms with Gasteiger partial charge in [-0.1, -0.05) is 15.9 Å². The minimum Gasteiger partial charge on any atom is -0.381 e. The predicted octanol–water partition coefficient (Wildman–Crippen LogP) is 0.728. The number of aromatic nitrogens is 2. The highest BCUT2D eigenvalue weighted by molar-refractivity contribution is 9.09. The lowest BCUT2D eigenvalue weighted by molar-refractivity contribution is 0.0162. The van der Waals surface area contributed by atoms with Crippen molar-refractivity contribution < 1.29 is 4.74 Å². The molecule has 0 radical (unpaired) electrons. The Bertz CT molecular complexity index is 488. The highest BCUT2D eigenvalue weighted by Crippen LogP contribution is 2.33. The van der Waals surface area contributed by atoms with Crippen LogP contribution in [-0.4, -0.2) is 28.3 Å². The Morgan fingerprint density at radius 1 is 1.35 bits per heavy atom. The van der Waals surface area contributed by atoms with Crippen molar-refractivity contribution in [2.24, 2.45) is 5.41 Å². The van der Waals surface area contributed by atoms with Gasteiger partial charge in [-0.2, -0.15) is 0 Å². The molecule has 17 heavy (non-hydrogen) atoms. The molecule has 94 valence electrons. The Kier molecular flexibility index (Phi) is 3.83. The lowest BCUT2D eigenvalue weighted by Gasteiger charge is -2.35. The SMILES string of the molecule is O=c1ccc(=O)n(CC2(CBr)CCOCC2)[nH]1. The lowest BCUT2D eigenvalue weighted by Crippen LogP contribution is -2.40. The molecule has 6 heteroatoms. The second-order valence-electron chi connectivity index (χ2n) is 4.48. The van der Waals surface area contributed by atoms with E-state index in [1.54, 1.807) is 0 Å². The standard InChI is InChI=1S/C11H15BrN2O3/c12-7-11(3-5-17-6-4-11)8-14-10(16)2-1-9(15)13-14/h1-2H,3-8H2,(H,13,15). The smallest absolute Gasteiger partial charge is 0.265 e. The molecule has 0 aliphatic carbocycles. The van der Waals surface area contributed by atoms with Crippen LogP contribution in [0.1, 0.15) is 12.8 Å². The Morgan fingerprint density at radius 2 is 2.06 bits per heavy atom. The van der Waals surface area contributed by atoms with Gasteiger partial charge in [0, 0.05) is 42.6 Å². The maximum absolute atomic E-state index is 11.6. The predicted molar refractivity (Wildman–Crippen MR) is 67.6 cm³/mol. The number of hydrogen-bond acceptors (Lipinski definition) is 3. The number of aromatic amines is 1. The molecule has 1 saturated heterocycles. The van der Waals surface area contributed by atoms with Crippen LogP contribution >= 0.6 is 15.9 Å². The van der Waals surface area contributed by atoms with Crippen molar-refractivity contribution >= 4 is 15.9 Å². The third-order valence-corrected chi connectivity index (χ3v) is 4.41. The van der Waals surface area contributed by atoms with Crippen molar-refractivity contribution in [3.05, 3.63) is 32.8 Å². The summed E-state index contributed by atoms with van der Waals surface area (Å²) in [5.41, 5.74) is -0.426. The molecule has 1 aliphatic heterocycles. The molecule has 1 aromatic rings. The van der Waals surface area contributed by atoms with E-state index in [9.17, 15) is 9.59 Å². The van der Waals surface area contributed by atoms with Gasteiger partial charge in [0.1, 0.15) is 0 Å². The van der Waals surface area contributed by atoms with Gasteiger partial charge in [-0.15, -0.1) is 0 Å². The zero-order valence-electron chi connectivity index (χ0n) is 9.45. The summed E-state index contributed by atoms with van der Waals surface area (Å²) >= 11 is 3.51. The van der Waals surface area contributed by atoms with E-state index >= 15 is 0 Å². The van der Waals surface area contributed by atoms with Gasteiger partial charge in [0.15, 0.2) is 0 Å². The Balaban J connectivity index is 2.26. The van der Waals surface area contributed by atoms with Crippen molar-refractivity contribution in [2.75, 3.05) is 18.5 Å². The van der Waals surface area contributed by atoms with E-state index in [1.165, 1.54) is 16.8 Å². The topological polar surface area (TPSA) is 64.1 Å². The van der Waals surface area contributed by atoms with Crippen molar-refractivity contribution in [3.8, 4) is 0 Å². The molecule has 0 saturated carbocycles. The maximum atomic E-state index is 11.6. The summed E-state index contributed by atoms with van der Waals surface area (Å²) in [6.07, 6.45) is 1.78. The second kappa shape index (κ2) is 5.18. The summed E-state index contributed by atoms with van der Waals surface area (Å²) in [7, 11) is 0. The lowest BCUT2D eigenvalue weighted by atomic mass is 9.82. The Hall–Kier alpha value is -0.880. The summed E-state index contributed by atoms with van der Waals surface area (Å²) in [4.78, 5) is 22.9. The third-order valence-electron chi connectivity index (χ3n) is 3.22. The molecule has 0 atom stereocenters. The van der Waals surface area contributed by atoms with Crippen LogP contribution in [0.2, 0.25) is 0 Å². The molecular formula is C11H15BrN2O3. The molecule has 2 rings (SSSR count). The molecule has 1 N–H and O–H groups in total. The van der Waals surface area contributed by atoms with Crippen LogP contribution in [0.25, 0.3) is 0 Å². The first kappa shape index (κ1) is 12.6. The van der Waals surface area contributed by atoms with Crippen molar-refractivity contribution in [2.45, 2.75) is 19.4 Å². The Labute approximate surface area is 107 Å². The molecule has 0 unspecified atom stereocenters. The van der Waals surface area contributed by atoms with E-state index in [2.05, 4.69) is 21.0 Å². The highest BCUT2D eigenvalue weighted by atomic mass is 79.9. The van der Waals surface area contributed by atoms with Gasteiger partial charge in [-0.25, -0.2) is 4.68 Å². The summed E-state index contributed by atoms with van der Waals surface area (Å²) in [6.45, 7) is 1.94. The van der Waals surface area contributed by atoms with Gasteiger partial charge >= 0.3 is 0 Å². The number of nitrogens with one attached hydrogen (secondary N) is 1. The maximum Gasteiger partial charge on any atom is 0.265 e. The first-order valence-electron chi connectivity index (χ1n) is 5.59. The first-order valence-corrected chi connectivity index (χ1v) is 6.71. The highest BCUT2D eigenvalue weighted by Gasteiger charge is 2.32. The monoisotopic (exact) mass is 302 g/mol. The summed E-state index contributed by atoms with van der Waals surface area (Å²) < 4.78 is 6.74. The van der Waals surface area contributed by atoms with Gasteiger partial charge in [0.25, 0.3) is 11.1 Å². The van der Waals surface area contributed by atoms with Crippen LogP contribution in [0.3, 0.4) is 0 Å². The normalized spacial score (nSPS) is 19.1. The fraction of sp³-hybridized carbons (Fsp3) is 0.636. The number of nitrogens with zero attached hydrogens (tertiary/aromatic N) is 1. The molecule has 0 bridgehead atoms. The minimum atomic E-state index is -0.249. The zero-order valence-corrected chi connectivity index (χ0v) is 11.0. The number of halogens is 1. The van der Waals surface area contributed by atoms with Crippen LogP contribution in [0.5, 0.6) is 0 Å². The average molecular weight is 303 g/mol. The van der Waals surface area contributed by atoms with Crippen LogP contribution < -0.4 is 11.1 Å². The number of hydrogen-bond donors (Lipinski definition) is 1. The summed E-state index contributed by atoms with van der Waals surface area (Å²) in [5, 5.41) is 3.37. The van der Waals surface area contributed by atoms with Gasteiger partial charge in [0.05, 0.1) is 0 Å². The molecule has 0 amide bonds. The molecule has 2 heterocycles. The van der Waals surface area contributed by atoms with Crippen LogP contribution in [0.4, 0.5) is 0 Å². The van der Waals surface area contributed by atoms with E-state index in [4.69, 9.17) is 4.74 Å².